The average molecular weight is 245 g/mol. The fraction of sp³-hybridized carbons (Fsp3) is 0.833. The van der Waals surface area contributed by atoms with E-state index in [2.05, 4.69) is 4.74 Å². The molecule has 1 fully saturated rings. The van der Waals surface area contributed by atoms with Crippen molar-refractivity contribution in [3.05, 3.63) is 0 Å². The van der Waals surface area contributed by atoms with Gasteiger partial charge in [0.05, 0.1) is 12.4 Å². The predicted octanol–water partition coefficient (Wildman–Crippen LogP) is 0.602. The molecule has 0 aromatic heterocycles. The molecule has 2 atom stereocenters. The maximum atomic E-state index is 11.1. The molecule has 2 unspecified atom stereocenters. The molecule has 7 heteroatoms. The largest absolute Gasteiger partial charge is 0.468 e. The van der Waals surface area contributed by atoms with Crippen molar-refractivity contribution in [3.63, 3.8) is 0 Å². The summed E-state index contributed by atoms with van der Waals surface area (Å²) in [6, 6.07) is 0. The zero-order chi connectivity index (χ0) is 10.1. The van der Waals surface area contributed by atoms with Crippen molar-refractivity contribution in [1.82, 2.24) is 0 Å². The molecule has 0 spiro atoms. The van der Waals surface area contributed by atoms with Crippen molar-refractivity contribution in [3.8, 4) is 0 Å². The number of esters is 1. The summed E-state index contributed by atoms with van der Waals surface area (Å²) in [6.45, 7) is 0. The number of hydrogen-bond donors (Lipinski definition) is 0. The van der Waals surface area contributed by atoms with Crippen LogP contribution in [0.3, 0.4) is 0 Å². The van der Waals surface area contributed by atoms with Crippen LogP contribution in [0.25, 0.3) is 0 Å². The summed E-state index contributed by atoms with van der Waals surface area (Å²) >= 11 is 1.27. The Hall–Kier alpha value is 0.0600. The van der Waals surface area contributed by atoms with Gasteiger partial charge in [0.15, 0.2) is 0 Å². The second kappa shape index (κ2) is 4.06. The number of carbonyl (C=O) groups excluding carboxylic acids is 1. The molecular formula is C6H9ClO4S2. The lowest BCUT2D eigenvalue weighted by Gasteiger charge is -2.12. The van der Waals surface area contributed by atoms with Gasteiger partial charge in [-0.1, -0.05) is 0 Å². The second-order valence-electron chi connectivity index (χ2n) is 2.62. The monoisotopic (exact) mass is 244 g/mol. The van der Waals surface area contributed by atoms with Crippen LogP contribution in [0, 0.1) is 0 Å². The first-order chi connectivity index (χ1) is 5.96. The van der Waals surface area contributed by atoms with Gasteiger partial charge in [0.2, 0.25) is 9.05 Å². The normalized spacial score (nSPS) is 28.8. The molecule has 4 nitrogen and oxygen atoms in total. The van der Waals surface area contributed by atoms with Crippen LogP contribution >= 0.6 is 22.4 Å². The number of rotatable bonds is 2. The Balaban J connectivity index is 2.82. The van der Waals surface area contributed by atoms with E-state index in [4.69, 9.17) is 10.7 Å². The third-order valence-corrected chi connectivity index (χ3v) is 5.27. The van der Waals surface area contributed by atoms with Crippen LogP contribution in [0.15, 0.2) is 0 Å². The van der Waals surface area contributed by atoms with Gasteiger partial charge in [0, 0.05) is 10.7 Å². The van der Waals surface area contributed by atoms with E-state index in [1.807, 2.05) is 0 Å². The third-order valence-electron chi connectivity index (χ3n) is 1.83. The van der Waals surface area contributed by atoms with E-state index in [1.165, 1.54) is 18.9 Å². The summed E-state index contributed by atoms with van der Waals surface area (Å²) < 4.78 is 26.5. The molecule has 1 aliphatic heterocycles. The number of thioether (sulfide) groups is 1. The molecule has 0 aliphatic carbocycles. The van der Waals surface area contributed by atoms with E-state index in [0.717, 1.165) is 0 Å². The maximum Gasteiger partial charge on any atom is 0.320 e. The Morgan fingerprint density at radius 1 is 1.62 bits per heavy atom. The number of carbonyl (C=O) groups is 1. The smallest absolute Gasteiger partial charge is 0.320 e. The minimum Gasteiger partial charge on any atom is -0.468 e. The van der Waals surface area contributed by atoms with Crippen molar-refractivity contribution < 1.29 is 17.9 Å². The Kier molecular flexibility index (Phi) is 3.48. The fourth-order valence-electron chi connectivity index (χ4n) is 1.19. The lowest BCUT2D eigenvalue weighted by atomic mass is 10.2. The first-order valence-electron chi connectivity index (χ1n) is 3.59. The number of ether oxygens (including phenoxy) is 1. The first kappa shape index (κ1) is 11.1. The highest BCUT2D eigenvalue weighted by atomic mass is 35.7. The van der Waals surface area contributed by atoms with Crippen molar-refractivity contribution >= 4 is 37.5 Å². The Morgan fingerprint density at radius 2 is 2.23 bits per heavy atom. The molecule has 0 bridgehead atoms. The van der Waals surface area contributed by atoms with Gasteiger partial charge < -0.3 is 4.74 Å². The van der Waals surface area contributed by atoms with Gasteiger partial charge in [0.1, 0.15) is 5.25 Å². The van der Waals surface area contributed by atoms with E-state index in [0.29, 0.717) is 12.2 Å². The molecule has 1 heterocycles. The van der Waals surface area contributed by atoms with E-state index in [-0.39, 0.29) is 0 Å². The van der Waals surface area contributed by atoms with Crippen LogP contribution in [-0.4, -0.2) is 37.7 Å². The predicted molar refractivity (Wildman–Crippen MR) is 51.4 cm³/mol. The number of halogens is 1. The van der Waals surface area contributed by atoms with E-state index in [9.17, 15) is 13.2 Å². The van der Waals surface area contributed by atoms with E-state index < -0.39 is 25.5 Å². The van der Waals surface area contributed by atoms with Crippen molar-refractivity contribution in [2.45, 2.75) is 16.9 Å². The lowest BCUT2D eigenvalue weighted by molar-refractivity contribution is -0.139. The molecule has 0 aromatic carbocycles. The molecule has 1 saturated heterocycles. The molecule has 1 rings (SSSR count). The number of methoxy groups -OCH3 is 1. The average Bonchev–Trinajstić information content (AvgIpc) is 2.49. The molecule has 1 aliphatic rings. The van der Waals surface area contributed by atoms with Gasteiger partial charge in [-0.05, 0) is 12.2 Å². The molecule has 0 aromatic rings. The minimum atomic E-state index is -3.66. The van der Waals surface area contributed by atoms with E-state index >= 15 is 0 Å². The molecule has 0 amide bonds. The topological polar surface area (TPSA) is 60.4 Å². The standard InChI is InChI=1S/C6H9ClO4S2/c1-11-6(8)5-4(2-3-12-5)13(7,9)10/h4-5H,2-3H2,1H3. The quantitative estimate of drug-likeness (QED) is 0.526. The molecular weight excluding hydrogens is 236 g/mol. The lowest BCUT2D eigenvalue weighted by Crippen LogP contribution is -2.32. The van der Waals surface area contributed by atoms with Crippen molar-refractivity contribution in [2.75, 3.05) is 12.9 Å². The summed E-state index contributed by atoms with van der Waals surface area (Å²) in [6.07, 6.45) is 0.413. The molecule has 13 heavy (non-hydrogen) atoms. The summed E-state index contributed by atoms with van der Waals surface area (Å²) in [5.41, 5.74) is 0. The Morgan fingerprint density at radius 3 is 2.69 bits per heavy atom. The zero-order valence-corrected chi connectivity index (χ0v) is 9.29. The highest BCUT2D eigenvalue weighted by Crippen LogP contribution is 2.34. The molecule has 0 saturated carbocycles. The van der Waals surface area contributed by atoms with Crippen molar-refractivity contribution in [2.24, 2.45) is 0 Å². The van der Waals surface area contributed by atoms with Crippen LogP contribution in [0.4, 0.5) is 0 Å². The zero-order valence-electron chi connectivity index (χ0n) is 6.90. The third kappa shape index (κ3) is 2.51. The van der Waals surface area contributed by atoms with Gasteiger partial charge in [0.25, 0.3) is 0 Å². The van der Waals surface area contributed by atoms with Crippen LogP contribution in [-0.2, 0) is 18.6 Å². The highest BCUT2D eigenvalue weighted by molar-refractivity contribution is 8.15. The van der Waals surface area contributed by atoms with Crippen LogP contribution < -0.4 is 0 Å². The van der Waals surface area contributed by atoms with Crippen LogP contribution in [0.2, 0.25) is 0 Å². The molecule has 0 N–H and O–H groups in total. The van der Waals surface area contributed by atoms with Gasteiger partial charge in [-0.3, -0.25) is 4.79 Å². The Bertz CT molecular complexity index is 300. The summed E-state index contributed by atoms with van der Waals surface area (Å²) in [4.78, 5) is 11.1. The number of hydrogen-bond acceptors (Lipinski definition) is 5. The summed E-state index contributed by atoms with van der Waals surface area (Å²) in [5.74, 6) is 0.104. The van der Waals surface area contributed by atoms with Crippen LogP contribution in [0.1, 0.15) is 6.42 Å². The van der Waals surface area contributed by atoms with Crippen molar-refractivity contribution in [1.29, 1.82) is 0 Å². The first-order valence-corrected chi connectivity index (χ1v) is 7.02. The highest BCUT2D eigenvalue weighted by Gasteiger charge is 2.42. The fourth-order valence-corrected chi connectivity index (χ4v) is 4.81. The van der Waals surface area contributed by atoms with Gasteiger partial charge in [-0.2, -0.15) is 0 Å². The Labute approximate surface area is 85.4 Å². The maximum absolute atomic E-state index is 11.1. The molecule has 76 valence electrons. The van der Waals surface area contributed by atoms with E-state index in [1.54, 1.807) is 0 Å². The minimum absolute atomic E-state index is 0.413. The van der Waals surface area contributed by atoms with Crippen LogP contribution in [0.5, 0.6) is 0 Å². The summed E-state index contributed by atoms with van der Waals surface area (Å²) in [7, 11) is 2.77. The SMILES string of the molecule is COC(=O)C1SCCC1S(=O)(=O)Cl. The van der Waals surface area contributed by atoms with Gasteiger partial charge >= 0.3 is 5.97 Å². The van der Waals surface area contributed by atoms with Gasteiger partial charge in [-0.25, -0.2) is 8.42 Å². The second-order valence-corrected chi connectivity index (χ2v) is 6.71. The molecule has 0 radical (unpaired) electrons. The van der Waals surface area contributed by atoms with Gasteiger partial charge in [-0.15, -0.1) is 11.8 Å². The summed E-state index contributed by atoms with van der Waals surface area (Å²) in [5, 5.41) is -1.46.